The molecule has 0 spiro atoms. The fraction of sp³-hybridized carbons (Fsp3) is 0.407. The van der Waals surface area contributed by atoms with E-state index in [1.54, 1.807) is 32.1 Å². The molecule has 2 aliphatic rings. The van der Waals surface area contributed by atoms with Gasteiger partial charge < -0.3 is 19.3 Å². The second-order valence-corrected chi connectivity index (χ2v) is 8.97. The van der Waals surface area contributed by atoms with Crippen molar-refractivity contribution in [3.8, 4) is 17.4 Å². The first-order valence-corrected chi connectivity index (χ1v) is 11.5. The third-order valence-electron chi connectivity index (χ3n) is 5.66. The molecule has 3 heterocycles. The normalized spacial score (nSPS) is 15.2. The average Bonchev–Trinajstić information content (AvgIpc) is 2.82. The van der Waals surface area contributed by atoms with Crippen molar-refractivity contribution < 1.29 is 37.3 Å². The molecule has 4 rings (SSSR count). The zero-order chi connectivity index (χ0) is 25.9. The molecule has 7 nitrogen and oxygen atoms in total. The lowest BCUT2D eigenvalue weighted by Gasteiger charge is -2.28. The van der Waals surface area contributed by atoms with Gasteiger partial charge in [0.15, 0.2) is 0 Å². The summed E-state index contributed by atoms with van der Waals surface area (Å²) >= 11 is 0. The zero-order valence-electron chi connectivity index (χ0n) is 20.4. The van der Waals surface area contributed by atoms with Gasteiger partial charge in [-0.2, -0.15) is 13.2 Å². The summed E-state index contributed by atoms with van der Waals surface area (Å²) in [6, 6.07) is 6.23. The molecule has 0 saturated heterocycles. The number of fused-ring (bicyclic) bond motifs is 1. The van der Waals surface area contributed by atoms with Crippen LogP contribution in [0.1, 0.15) is 44.4 Å². The van der Waals surface area contributed by atoms with E-state index in [1.165, 1.54) is 6.20 Å². The molecule has 38 heavy (non-hydrogen) atoms. The van der Waals surface area contributed by atoms with Crippen molar-refractivity contribution in [3.05, 3.63) is 64.4 Å². The highest BCUT2D eigenvalue weighted by Crippen LogP contribution is 2.36. The van der Waals surface area contributed by atoms with Crippen LogP contribution in [0.5, 0.6) is 17.4 Å². The number of carboxylic acid groups (broad SMARTS) is 1. The Morgan fingerprint density at radius 1 is 1.26 bits per heavy atom. The summed E-state index contributed by atoms with van der Waals surface area (Å²) in [7, 11) is 0. The van der Waals surface area contributed by atoms with Gasteiger partial charge in [0.25, 0.3) is 0 Å². The molecule has 1 N–H and O–H groups in total. The maximum atomic E-state index is 13.5. The van der Waals surface area contributed by atoms with Crippen LogP contribution in [0.4, 0.5) is 13.2 Å². The molecular formula is C27H32ClF3N2O5. The van der Waals surface area contributed by atoms with Gasteiger partial charge in [0.1, 0.15) is 30.3 Å². The predicted octanol–water partition coefficient (Wildman–Crippen LogP) is 6.02. The van der Waals surface area contributed by atoms with E-state index in [-0.39, 0.29) is 32.0 Å². The van der Waals surface area contributed by atoms with Crippen LogP contribution in [-0.2, 0) is 17.6 Å². The first-order valence-electron chi connectivity index (χ1n) is 11.5. The Morgan fingerprint density at radius 3 is 2.71 bits per heavy atom. The first kappa shape index (κ1) is 31.0. The number of aromatic nitrogens is 1. The van der Waals surface area contributed by atoms with Crippen LogP contribution in [0, 0.1) is 0 Å². The smallest absolute Gasteiger partial charge is 0.421 e. The Bertz CT molecular complexity index is 1200. The van der Waals surface area contributed by atoms with Gasteiger partial charge in [-0.15, -0.1) is 12.4 Å². The molecule has 1 aromatic heterocycles. The summed E-state index contributed by atoms with van der Waals surface area (Å²) in [5, 5.41) is 9.22. The molecule has 0 unspecified atom stereocenters. The fourth-order valence-electron chi connectivity index (χ4n) is 4.02. The molecule has 0 bridgehead atoms. The van der Waals surface area contributed by atoms with E-state index in [4.69, 9.17) is 14.2 Å². The van der Waals surface area contributed by atoms with Crippen LogP contribution in [-0.4, -0.2) is 53.3 Å². The van der Waals surface area contributed by atoms with Crippen LogP contribution in [0.3, 0.4) is 0 Å². The summed E-state index contributed by atoms with van der Waals surface area (Å²) < 4.78 is 57.1. The van der Waals surface area contributed by atoms with Crippen LogP contribution in [0.25, 0.3) is 6.08 Å². The number of hydrogen-bond acceptors (Lipinski definition) is 6. The SMILES string of the molecule is C.CC(C)Oc1ncc(COc2ccc3c(c2)OCC(CN2CCC=C(C(=O)O)C2)=C3)cc1C(F)(F)F.Cl. The van der Waals surface area contributed by atoms with Crippen molar-refractivity contribution in [3.63, 3.8) is 0 Å². The van der Waals surface area contributed by atoms with E-state index in [9.17, 15) is 23.1 Å². The maximum absolute atomic E-state index is 13.5. The van der Waals surface area contributed by atoms with Crippen molar-refractivity contribution in [1.29, 1.82) is 0 Å². The van der Waals surface area contributed by atoms with Crippen LogP contribution < -0.4 is 14.2 Å². The molecule has 11 heteroatoms. The number of hydrogen-bond donors (Lipinski definition) is 1. The molecule has 208 valence electrons. The number of rotatable bonds is 8. The molecule has 0 saturated carbocycles. The Balaban J connectivity index is 0.00000253. The van der Waals surface area contributed by atoms with E-state index >= 15 is 0 Å². The van der Waals surface area contributed by atoms with Crippen LogP contribution in [0.2, 0.25) is 0 Å². The number of pyridine rings is 1. The summed E-state index contributed by atoms with van der Waals surface area (Å²) in [5.74, 6) is -0.285. The number of nitrogens with zero attached hydrogens (tertiary/aromatic N) is 2. The largest absolute Gasteiger partial charge is 0.489 e. The quantitative estimate of drug-likeness (QED) is 0.426. The van der Waals surface area contributed by atoms with Gasteiger partial charge in [-0.05, 0) is 50.1 Å². The number of ether oxygens (including phenoxy) is 3. The third kappa shape index (κ3) is 7.88. The predicted molar refractivity (Wildman–Crippen MR) is 140 cm³/mol. The van der Waals surface area contributed by atoms with Crippen molar-refractivity contribution >= 4 is 24.5 Å². The highest BCUT2D eigenvalue weighted by molar-refractivity contribution is 5.87. The second-order valence-electron chi connectivity index (χ2n) is 8.97. The highest BCUT2D eigenvalue weighted by Gasteiger charge is 2.36. The van der Waals surface area contributed by atoms with Crippen molar-refractivity contribution in [2.24, 2.45) is 0 Å². The molecule has 0 fully saturated rings. The Labute approximate surface area is 226 Å². The standard InChI is InChI=1S/C26H27F3N2O5.CH4.ClH/c1-16(2)36-24-22(26(27,28)29)9-17(11-30-24)14-34-21-6-5-19-8-18(15-35-23(19)10-21)12-31-7-3-4-20(13-31)25(32)33;;/h4-6,8-11,16H,3,7,12-15H2,1-2H3,(H,32,33);1H4;1H. The van der Waals surface area contributed by atoms with Crippen molar-refractivity contribution in [2.75, 3.05) is 26.2 Å². The van der Waals surface area contributed by atoms with Gasteiger partial charge in [-0.3, -0.25) is 4.90 Å². The van der Waals surface area contributed by atoms with Gasteiger partial charge in [0.2, 0.25) is 5.88 Å². The maximum Gasteiger partial charge on any atom is 0.421 e. The molecular weight excluding hydrogens is 525 g/mol. The number of benzene rings is 1. The van der Waals surface area contributed by atoms with E-state index in [0.29, 0.717) is 43.2 Å². The molecule has 0 aliphatic carbocycles. The fourth-order valence-corrected chi connectivity index (χ4v) is 4.02. The van der Waals surface area contributed by atoms with Gasteiger partial charge >= 0.3 is 12.1 Å². The van der Waals surface area contributed by atoms with Gasteiger partial charge in [0, 0.05) is 48.6 Å². The van der Waals surface area contributed by atoms with Gasteiger partial charge in [-0.25, -0.2) is 9.78 Å². The lowest BCUT2D eigenvalue weighted by Crippen LogP contribution is -2.34. The van der Waals surface area contributed by atoms with E-state index in [2.05, 4.69) is 9.88 Å². The Morgan fingerprint density at radius 2 is 2.03 bits per heavy atom. The van der Waals surface area contributed by atoms with Crippen LogP contribution >= 0.6 is 12.4 Å². The molecule has 2 aliphatic heterocycles. The minimum atomic E-state index is -4.60. The zero-order valence-corrected chi connectivity index (χ0v) is 21.2. The molecule has 1 aromatic carbocycles. The van der Waals surface area contributed by atoms with Crippen LogP contribution in [0.15, 0.2) is 47.7 Å². The average molecular weight is 557 g/mol. The summed E-state index contributed by atoms with van der Waals surface area (Å²) in [6.07, 6.45) is 0.730. The van der Waals surface area contributed by atoms with E-state index in [1.807, 2.05) is 12.1 Å². The molecule has 0 amide bonds. The minimum Gasteiger partial charge on any atom is -0.489 e. The first-order chi connectivity index (χ1) is 17.1. The summed E-state index contributed by atoms with van der Waals surface area (Å²) in [4.78, 5) is 17.2. The summed E-state index contributed by atoms with van der Waals surface area (Å²) in [5.41, 5.74) is 1.60. The number of carbonyl (C=O) groups is 1. The van der Waals surface area contributed by atoms with E-state index in [0.717, 1.165) is 23.7 Å². The van der Waals surface area contributed by atoms with Gasteiger partial charge in [0.05, 0.1) is 6.10 Å². The molecule has 0 radical (unpaired) electrons. The molecule has 0 atom stereocenters. The van der Waals surface area contributed by atoms with E-state index < -0.39 is 29.7 Å². The number of alkyl halides is 3. The van der Waals surface area contributed by atoms with Crippen molar-refractivity contribution in [1.82, 2.24) is 9.88 Å². The van der Waals surface area contributed by atoms with Crippen molar-refractivity contribution in [2.45, 2.75) is 46.6 Å². The third-order valence-corrected chi connectivity index (χ3v) is 5.66. The lowest BCUT2D eigenvalue weighted by molar-refractivity contribution is -0.139. The number of aliphatic carboxylic acids is 1. The number of halogens is 4. The Kier molecular flexibility index (Phi) is 10.6. The molecule has 2 aromatic rings. The lowest BCUT2D eigenvalue weighted by atomic mass is 10.0. The Hall–Kier alpha value is -3.24. The summed E-state index contributed by atoms with van der Waals surface area (Å²) in [6.45, 7) is 5.30. The highest BCUT2D eigenvalue weighted by atomic mass is 35.5. The monoisotopic (exact) mass is 556 g/mol. The minimum absolute atomic E-state index is 0. The second kappa shape index (κ2) is 13.0. The van der Waals surface area contributed by atoms with Gasteiger partial charge in [-0.1, -0.05) is 13.5 Å². The number of carboxylic acids is 1. The topological polar surface area (TPSA) is 81.1 Å².